The summed E-state index contributed by atoms with van der Waals surface area (Å²) in [6, 6.07) is 8.42. The topological polar surface area (TPSA) is 29.0 Å². The maximum absolute atomic E-state index is 12.9. The summed E-state index contributed by atoms with van der Waals surface area (Å²) in [5.41, 5.74) is 1.04. The van der Waals surface area contributed by atoms with Crippen molar-refractivity contribution in [3.05, 3.63) is 58.1 Å². The van der Waals surface area contributed by atoms with E-state index in [1.807, 2.05) is 18.5 Å². The van der Waals surface area contributed by atoms with Crippen LogP contribution in [0.25, 0.3) is 10.2 Å². The lowest BCUT2D eigenvalue weighted by Gasteiger charge is -2.15. The van der Waals surface area contributed by atoms with Crippen molar-refractivity contribution in [3.8, 4) is 0 Å². The predicted molar refractivity (Wildman–Crippen MR) is 84.0 cm³/mol. The second-order valence-corrected chi connectivity index (χ2v) is 6.12. The summed E-state index contributed by atoms with van der Waals surface area (Å²) in [4.78, 5) is 11.8. The van der Waals surface area contributed by atoms with Crippen LogP contribution < -0.4 is 0 Å². The summed E-state index contributed by atoms with van der Waals surface area (Å²) < 4.78 is 12.9. The summed E-state index contributed by atoms with van der Waals surface area (Å²) in [7, 11) is 1.97. The van der Waals surface area contributed by atoms with Gasteiger partial charge in [-0.2, -0.15) is 0 Å². The monoisotopic (exact) mass is 321 g/mol. The highest BCUT2D eigenvalue weighted by atomic mass is 35.5. The Bertz CT molecular complexity index is 757. The van der Waals surface area contributed by atoms with Gasteiger partial charge in [-0.25, -0.2) is 14.4 Å². The normalized spacial score (nSPS) is 11.4. The van der Waals surface area contributed by atoms with Gasteiger partial charge in [0.1, 0.15) is 21.6 Å². The van der Waals surface area contributed by atoms with E-state index in [-0.39, 0.29) is 5.82 Å². The average Bonchev–Trinajstić information content (AvgIpc) is 2.90. The molecule has 0 fully saturated rings. The number of rotatable bonds is 4. The fourth-order valence-electron chi connectivity index (χ4n) is 2.13. The van der Waals surface area contributed by atoms with Crippen molar-refractivity contribution in [3.63, 3.8) is 0 Å². The van der Waals surface area contributed by atoms with Crippen LogP contribution in [0.3, 0.4) is 0 Å². The summed E-state index contributed by atoms with van der Waals surface area (Å²) >= 11 is 7.71. The summed E-state index contributed by atoms with van der Waals surface area (Å²) in [6.07, 6.45) is 0. The maximum atomic E-state index is 12.9. The third-order valence-corrected chi connectivity index (χ3v) is 4.20. The van der Waals surface area contributed by atoms with E-state index in [0.717, 1.165) is 15.8 Å². The molecule has 3 nitrogen and oxygen atoms in total. The molecule has 0 saturated carbocycles. The van der Waals surface area contributed by atoms with E-state index in [2.05, 4.69) is 14.9 Å². The number of aromatic nitrogens is 2. The first-order chi connectivity index (χ1) is 10.1. The van der Waals surface area contributed by atoms with Crippen LogP contribution in [-0.4, -0.2) is 21.9 Å². The van der Waals surface area contributed by atoms with Crippen LogP contribution in [0.15, 0.2) is 35.7 Å². The molecule has 0 unspecified atom stereocenters. The van der Waals surface area contributed by atoms with Crippen LogP contribution in [0.5, 0.6) is 0 Å². The molecule has 0 aliphatic rings. The van der Waals surface area contributed by atoms with E-state index >= 15 is 0 Å². The van der Waals surface area contributed by atoms with Gasteiger partial charge >= 0.3 is 0 Å². The lowest BCUT2D eigenvalue weighted by atomic mass is 10.2. The predicted octanol–water partition coefficient (Wildman–Crippen LogP) is 4.12. The zero-order chi connectivity index (χ0) is 14.8. The standard InChI is InChI=1S/C15H13ClFN3S/c1-20(8-10-2-4-11(17)5-3-10)9-13-18-14(16)12-6-7-21-15(12)19-13/h2-7H,8-9H2,1H3. The van der Waals surface area contributed by atoms with Crippen LogP contribution in [0.4, 0.5) is 4.39 Å². The van der Waals surface area contributed by atoms with E-state index in [9.17, 15) is 4.39 Å². The molecule has 0 N–H and O–H groups in total. The quantitative estimate of drug-likeness (QED) is 0.677. The van der Waals surface area contributed by atoms with Crippen molar-refractivity contribution in [1.82, 2.24) is 14.9 Å². The Morgan fingerprint density at radius 3 is 2.67 bits per heavy atom. The van der Waals surface area contributed by atoms with Crippen LogP contribution in [-0.2, 0) is 13.1 Å². The average molecular weight is 322 g/mol. The number of halogens is 2. The molecule has 6 heteroatoms. The number of hydrogen-bond donors (Lipinski definition) is 0. The minimum absolute atomic E-state index is 0.223. The van der Waals surface area contributed by atoms with Crippen LogP contribution in [0.2, 0.25) is 5.15 Å². The molecule has 0 radical (unpaired) electrons. The number of nitrogens with zero attached hydrogens (tertiary/aromatic N) is 3. The van der Waals surface area contributed by atoms with Gasteiger partial charge in [0.05, 0.1) is 6.54 Å². The molecule has 0 aliphatic carbocycles. The third-order valence-electron chi connectivity index (χ3n) is 3.10. The Kier molecular flexibility index (Phi) is 4.14. The second kappa shape index (κ2) is 6.05. The Labute approximate surface area is 131 Å². The van der Waals surface area contributed by atoms with Crippen molar-refractivity contribution >= 4 is 33.2 Å². The minimum Gasteiger partial charge on any atom is -0.295 e. The van der Waals surface area contributed by atoms with Gasteiger partial charge in [0.25, 0.3) is 0 Å². The molecule has 0 bridgehead atoms. The molecule has 2 aromatic heterocycles. The Hall–Kier alpha value is -1.56. The largest absolute Gasteiger partial charge is 0.295 e. The molecule has 0 amide bonds. The van der Waals surface area contributed by atoms with Crippen molar-refractivity contribution in [2.75, 3.05) is 7.05 Å². The maximum Gasteiger partial charge on any atom is 0.145 e. The SMILES string of the molecule is CN(Cc1ccc(F)cc1)Cc1nc(Cl)c2ccsc2n1. The Morgan fingerprint density at radius 1 is 1.14 bits per heavy atom. The van der Waals surface area contributed by atoms with Crippen LogP contribution in [0.1, 0.15) is 11.4 Å². The number of benzene rings is 1. The molecule has 0 atom stereocenters. The van der Waals surface area contributed by atoms with Gasteiger partial charge in [0, 0.05) is 11.9 Å². The number of fused-ring (bicyclic) bond motifs is 1. The molecular formula is C15H13ClFN3S. The third kappa shape index (κ3) is 3.37. The second-order valence-electron chi connectivity index (χ2n) is 4.87. The molecule has 0 saturated heterocycles. The van der Waals surface area contributed by atoms with Gasteiger partial charge in [-0.1, -0.05) is 23.7 Å². The minimum atomic E-state index is -0.223. The number of hydrogen-bond acceptors (Lipinski definition) is 4. The zero-order valence-electron chi connectivity index (χ0n) is 11.4. The lowest BCUT2D eigenvalue weighted by molar-refractivity contribution is 0.311. The molecule has 0 spiro atoms. The van der Waals surface area contributed by atoms with Gasteiger partial charge in [-0.15, -0.1) is 11.3 Å². The summed E-state index contributed by atoms with van der Waals surface area (Å²) in [5, 5.41) is 3.34. The summed E-state index contributed by atoms with van der Waals surface area (Å²) in [6.45, 7) is 1.29. The van der Waals surface area contributed by atoms with Gasteiger partial charge in [0.15, 0.2) is 0 Å². The van der Waals surface area contributed by atoms with Crippen molar-refractivity contribution in [2.45, 2.75) is 13.1 Å². The Morgan fingerprint density at radius 2 is 1.90 bits per heavy atom. The summed E-state index contributed by atoms with van der Waals surface area (Å²) in [5.74, 6) is 0.472. The molecule has 108 valence electrons. The molecule has 3 aromatic rings. The first kappa shape index (κ1) is 14.4. The molecule has 21 heavy (non-hydrogen) atoms. The Balaban J connectivity index is 1.73. The van der Waals surface area contributed by atoms with Gasteiger partial charge < -0.3 is 0 Å². The van der Waals surface area contributed by atoms with Gasteiger partial charge in [-0.05, 0) is 36.2 Å². The number of thiophene rings is 1. The zero-order valence-corrected chi connectivity index (χ0v) is 13.0. The molecule has 1 aromatic carbocycles. The van der Waals surface area contributed by atoms with E-state index < -0.39 is 0 Å². The van der Waals surface area contributed by atoms with Crippen LogP contribution >= 0.6 is 22.9 Å². The van der Waals surface area contributed by atoms with E-state index in [1.165, 1.54) is 12.1 Å². The van der Waals surface area contributed by atoms with E-state index in [0.29, 0.717) is 24.1 Å². The van der Waals surface area contributed by atoms with Crippen molar-refractivity contribution in [1.29, 1.82) is 0 Å². The van der Waals surface area contributed by atoms with Gasteiger partial charge in [-0.3, -0.25) is 4.90 Å². The highest BCUT2D eigenvalue weighted by molar-refractivity contribution is 7.16. The van der Waals surface area contributed by atoms with Crippen molar-refractivity contribution in [2.24, 2.45) is 0 Å². The first-order valence-corrected chi connectivity index (χ1v) is 7.70. The fraction of sp³-hybridized carbons (Fsp3) is 0.200. The smallest absolute Gasteiger partial charge is 0.145 e. The van der Waals surface area contributed by atoms with E-state index in [1.54, 1.807) is 23.5 Å². The fourth-order valence-corrected chi connectivity index (χ4v) is 3.22. The highest BCUT2D eigenvalue weighted by Crippen LogP contribution is 2.25. The van der Waals surface area contributed by atoms with Crippen LogP contribution in [0, 0.1) is 5.82 Å². The van der Waals surface area contributed by atoms with Gasteiger partial charge in [0.2, 0.25) is 0 Å². The highest BCUT2D eigenvalue weighted by Gasteiger charge is 2.09. The molecule has 2 heterocycles. The first-order valence-electron chi connectivity index (χ1n) is 6.44. The molecular weight excluding hydrogens is 309 g/mol. The van der Waals surface area contributed by atoms with Crippen molar-refractivity contribution < 1.29 is 4.39 Å². The van der Waals surface area contributed by atoms with E-state index in [4.69, 9.17) is 11.6 Å². The lowest BCUT2D eigenvalue weighted by Crippen LogP contribution is -2.19. The molecule has 3 rings (SSSR count). The molecule has 0 aliphatic heterocycles.